The maximum atomic E-state index is 12.2. The van der Waals surface area contributed by atoms with E-state index in [0.29, 0.717) is 0 Å². The molecule has 5 nitrogen and oxygen atoms in total. The number of amides is 1. The SMILES string of the molecule is C=CCOC(=O)[C@H](CS)NC(=O)OCC1c2ccccc2-c2ccccc21. The van der Waals surface area contributed by atoms with Crippen molar-refractivity contribution in [3.63, 3.8) is 0 Å². The van der Waals surface area contributed by atoms with E-state index in [1.54, 1.807) is 0 Å². The first-order chi connectivity index (χ1) is 13.2. The Labute approximate surface area is 163 Å². The summed E-state index contributed by atoms with van der Waals surface area (Å²) in [4.78, 5) is 24.0. The summed E-state index contributed by atoms with van der Waals surface area (Å²) in [7, 11) is 0. The second-order valence-corrected chi connectivity index (χ2v) is 6.49. The Morgan fingerprint density at radius 2 is 1.67 bits per heavy atom. The van der Waals surface area contributed by atoms with Gasteiger partial charge in [0.15, 0.2) is 0 Å². The Bertz CT molecular complexity index is 806. The highest BCUT2D eigenvalue weighted by Crippen LogP contribution is 2.44. The molecule has 0 saturated carbocycles. The van der Waals surface area contributed by atoms with E-state index in [9.17, 15) is 9.59 Å². The van der Waals surface area contributed by atoms with E-state index in [2.05, 4.69) is 36.7 Å². The average Bonchev–Trinajstić information content (AvgIpc) is 3.02. The molecule has 1 aliphatic carbocycles. The number of carbonyl (C=O) groups excluding carboxylic acids is 2. The minimum absolute atomic E-state index is 0.0367. The van der Waals surface area contributed by atoms with E-state index in [4.69, 9.17) is 9.47 Å². The first kappa shape index (κ1) is 19.0. The zero-order valence-electron chi connectivity index (χ0n) is 14.8. The molecular weight excluding hydrogens is 362 g/mol. The predicted molar refractivity (Wildman–Crippen MR) is 107 cm³/mol. The van der Waals surface area contributed by atoms with Crippen LogP contribution in [-0.2, 0) is 14.3 Å². The number of benzene rings is 2. The second kappa shape index (κ2) is 8.77. The highest BCUT2D eigenvalue weighted by atomic mass is 32.1. The van der Waals surface area contributed by atoms with Crippen LogP contribution >= 0.6 is 12.6 Å². The standard InChI is InChI=1S/C21H21NO4S/c1-2-11-25-20(23)19(13-27)22-21(24)26-12-18-16-9-5-3-7-14(16)15-8-4-6-10-17(15)18/h2-10,18-19,27H,1,11-13H2,(H,22,24)/t19-/m0/s1. The molecule has 0 bridgehead atoms. The van der Waals surface area contributed by atoms with Gasteiger partial charge in [0, 0.05) is 11.7 Å². The molecule has 1 aliphatic rings. The third kappa shape index (κ3) is 4.17. The second-order valence-electron chi connectivity index (χ2n) is 6.12. The molecule has 2 aromatic rings. The molecular formula is C21H21NO4S. The molecule has 27 heavy (non-hydrogen) atoms. The largest absolute Gasteiger partial charge is 0.460 e. The summed E-state index contributed by atoms with van der Waals surface area (Å²) in [5.41, 5.74) is 4.57. The lowest BCUT2D eigenvalue weighted by atomic mass is 9.98. The molecule has 2 aromatic carbocycles. The molecule has 0 aromatic heterocycles. The van der Waals surface area contributed by atoms with Gasteiger partial charge < -0.3 is 14.8 Å². The maximum Gasteiger partial charge on any atom is 0.407 e. The summed E-state index contributed by atoms with van der Waals surface area (Å²) in [6, 6.07) is 15.3. The maximum absolute atomic E-state index is 12.2. The van der Waals surface area contributed by atoms with Gasteiger partial charge in [-0.05, 0) is 22.3 Å². The Kier molecular flexibility index (Phi) is 6.19. The van der Waals surface area contributed by atoms with E-state index in [1.807, 2.05) is 36.4 Å². The molecule has 0 saturated heterocycles. The van der Waals surface area contributed by atoms with Crippen LogP contribution in [0.3, 0.4) is 0 Å². The number of ether oxygens (including phenoxy) is 2. The van der Waals surface area contributed by atoms with Crippen molar-refractivity contribution in [2.24, 2.45) is 0 Å². The fourth-order valence-corrected chi connectivity index (χ4v) is 3.44. The van der Waals surface area contributed by atoms with Crippen molar-refractivity contribution < 1.29 is 19.1 Å². The van der Waals surface area contributed by atoms with Crippen molar-refractivity contribution in [1.82, 2.24) is 5.32 Å². The molecule has 0 heterocycles. The first-order valence-corrected chi connectivity index (χ1v) is 9.28. The number of carbonyl (C=O) groups is 2. The van der Waals surface area contributed by atoms with E-state index in [0.717, 1.165) is 22.3 Å². The van der Waals surface area contributed by atoms with Crippen LogP contribution < -0.4 is 5.32 Å². The van der Waals surface area contributed by atoms with E-state index < -0.39 is 18.1 Å². The van der Waals surface area contributed by atoms with Gasteiger partial charge in [-0.1, -0.05) is 61.2 Å². The molecule has 0 radical (unpaired) electrons. The van der Waals surface area contributed by atoms with Crippen molar-refractivity contribution in [3.05, 3.63) is 72.3 Å². The number of rotatable bonds is 7. The molecule has 140 valence electrons. The molecule has 1 amide bonds. The number of hydrogen-bond acceptors (Lipinski definition) is 5. The Hall–Kier alpha value is -2.73. The lowest BCUT2D eigenvalue weighted by molar-refractivity contribution is -0.144. The van der Waals surface area contributed by atoms with Gasteiger partial charge in [0.25, 0.3) is 0 Å². The van der Waals surface area contributed by atoms with Crippen LogP contribution in [0.4, 0.5) is 4.79 Å². The third-order valence-corrected chi connectivity index (χ3v) is 4.81. The van der Waals surface area contributed by atoms with Crippen molar-refractivity contribution in [3.8, 4) is 11.1 Å². The third-order valence-electron chi connectivity index (χ3n) is 4.45. The van der Waals surface area contributed by atoms with Crippen LogP contribution in [0.5, 0.6) is 0 Å². The molecule has 1 atom stereocenters. The van der Waals surface area contributed by atoms with Gasteiger partial charge in [-0.2, -0.15) is 12.6 Å². The van der Waals surface area contributed by atoms with Gasteiger partial charge >= 0.3 is 12.1 Å². The van der Waals surface area contributed by atoms with Crippen LogP contribution in [-0.4, -0.2) is 37.1 Å². The summed E-state index contributed by atoms with van der Waals surface area (Å²) >= 11 is 4.08. The zero-order valence-corrected chi connectivity index (χ0v) is 15.7. The summed E-state index contributed by atoms with van der Waals surface area (Å²) < 4.78 is 10.4. The fraction of sp³-hybridized carbons (Fsp3) is 0.238. The Morgan fingerprint density at radius 1 is 1.07 bits per heavy atom. The van der Waals surface area contributed by atoms with Crippen LogP contribution in [0, 0.1) is 0 Å². The summed E-state index contributed by atoms with van der Waals surface area (Å²) in [5.74, 6) is -0.496. The van der Waals surface area contributed by atoms with Crippen LogP contribution in [0.1, 0.15) is 17.0 Å². The Balaban J connectivity index is 1.65. The minimum atomic E-state index is -0.871. The summed E-state index contributed by atoms with van der Waals surface area (Å²) in [6.45, 7) is 3.74. The normalized spacial score (nSPS) is 13.2. The number of esters is 1. The molecule has 0 fully saturated rings. The molecule has 0 unspecified atom stereocenters. The van der Waals surface area contributed by atoms with E-state index in [1.165, 1.54) is 6.08 Å². The van der Waals surface area contributed by atoms with Crippen molar-refractivity contribution in [2.45, 2.75) is 12.0 Å². The number of nitrogens with one attached hydrogen (secondary N) is 1. The van der Waals surface area contributed by atoms with Crippen LogP contribution in [0.15, 0.2) is 61.2 Å². The molecule has 0 spiro atoms. The smallest absolute Gasteiger partial charge is 0.407 e. The number of fused-ring (bicyclic) bond motifs is 3. The van der Waals surface area contributed by atoms with Gasteiger partial charge in [-0.15, -0.1) is 0 Å². The molecule has 6 heteroatoms. The highest BCUT2D eigenvalue weighted by Gasteiger charge is 2.29. The number of thiol groups is 1. The van der Waals surface area contributed by atoms with Crippen LogP contribution in [0.2, 0.25) is 0 Å². The fourth-order valence-electron chi connectivity index (χ4n) is 3.20. The monoisotopic (exact) mass is 383 g/mol. The predicted octanol–water partition coefficient (Wildman–Crippen LogP) is 3.55. The lowest BCUT2D eigenvalue weighted by Crippen LogP contribution is -2.43. The molecule has 3 rings (SSSR count). The average molecular weight is 383 g/mol. The number of alkyl carbamates (subject to hydrolysis) is 1. The first-order valence-electron chi connectivity index (χ1n) is 8.65. The van der Waals surface area contributed by atoms with E-state index >= 15 is 0 Å². The van der Waals surface area contributed by atoms with Gasteiger partial charge in [-0.25, -0.2) is 9.59 Å². The minimum Gasteiger partial charge on any atom is -0.460 e. The van der Waals surface area contributed by atoms with E-state index in [-0.39, 0.29) is 24.9 Å². The summed E-state index contributed by atoms with van der Waals surface area (Å²) in [5, 5.41) is 2.50. The van der Waals surface area contributed by atoms with Crippen molar-refractivity contribution >= 4 is 24.7 Å². The quantitative estimate of drug-likeness (QED) is 0.436. The van der Waals surface area contributed by atoms with Crippen LogP contribution in [0.25, 0.3) is 11.1 Å². The van der Waals surface area contributed by atoms with Gasteiger partial charge in [-0.3, -0.25) is 0 Å². The van der Waals surface area contributed by atoms with Gasteiger partial charge in [0.2, 0.25) is 0 Å². The topological polar surface area (TPSA) is 64.6 Å². The van der Waals surface area contributed by atoms with Gasteiger partial charge in [0.05, 0.1) is 0 Å². The highest BCUT2D eigenvalue weighted by molar-refractivity contribution is 7.80. The Morgan fingerprint density at radius 3 is 2.22 bits per heavy atom. The summed E-state index contributed by atoms with van der Waals surface area (Å²) in [6.07, 6.45) is 0.785. The molecule has 0 aliphatic heterocycles. The van der Waals surface area contributed by atoms with Crippen molar-refractivity contribution in [1.29, 1.82) is 0 Å². The van der Waals surface area contributed by atoms with Gasteiger partial charge in [0.1, 0.15) is 19.3 Å². The number of hydrogen-bond donors (Lipinski definition) is 2. The lowest BCUT2D eigenvalue weighted by Gasteiger charge is -2.17. The van der Waals surface area contributed by atoms with Crippen molar-refractivity contribution in [2.75, 3.05) is 19.0 Å². The molecule has 1 N–H and O–H groups in total. The zero-order chi connectivity index (χ0) is 19.2.